The van der Waals surface area contributed by atoms with Crippen LogP contribution in [0.3, 0.4) is 0 Å². The smallest absolute Gasteiger partial charge is 0.407 e. The van der Waals surface area contributed by atoms with E-state index in [4.69, 9.17) is 4.74 Å². The van der Waals surface area contributed by atoms with Gasteiger partial charge in [-0.2, -0.15) is 0 Å². The molecule has 0 fully saturated rings. The Labute approximate surface area is 230 Å². The van der Waals surface area contributed by atoms with Gasteiger partial charge in [-0.1, -0.05) is 66.7 Å². The van der Waals surface area contributed by atoms with E-state index in [-0.39, 0.29) is 44.6 Å². The van der Waals surface area contributed by atoms with Gasteiger partial charge in [-0.3, -0.25) is 9.59 Å². The molecule has 2 rings (SSSR count). The molecule has 0 aliphatic heterocycles. The van der Waals surface area contributed by atoms with Gasteiger partial charge in [0.15, 0.2) is 0 Å². The van der Waals surface area contributed by atoms with Crippen LogP contribution < -0.4 is 10.6 Å². The minimum atomic E-state index is -0.637. The number of rotatable bonds is 18. The van der Waals surface area contributed by atoms with Crippen LogP contribution >= 0.6 is 0 Å². The normalized spacial score (nSPS) is 12.2. The summed E-state index contributed by atoms with van der Waals surface area (Å²) in [6.07, 6.45) is 3.21. The molecule has 4 N–H and O–H groups in total. The number of benzene rings is 2. The Kier molecular flexibility index (Phi) is 15.0. The van der Waals surface area contributed by atoms with Gasteiger partial charge in [0.05, 0.1) is 25.2 Å². The molecule has 9 heteroatoms. The highest BCUT2D eigenvalue weighted by molar-refractivity contribution is 5.86. The lowest BCUT2D eigenvalue weighted by atomic mass is 9.98. The zero-order valence-corrected chi connectivity index (χ0v) is 22.5. The summed E-state index contributed by atoms with van der Waals surface area (Å²) >= 11 is 0. The molecule has 0 aliphatic rings. The first-order valence-corrected chi connectivity index (χ1v) is 13.4. The van der Waals surface area contributed by atoms with Crippen molar-refractivity contribution in [2.24, 2.45) is 5.92 Å². The summed E-state index contributed by atoms with van der Waals surface area (Å²) in [4.78, 5) is 39.4. The molecule has 0 aromatic heterocycles. The van der Waals surface area contributed by atoms with Crippen molar-refractivity contribution in [1.29, 1.82) is 0 Å². The topological polar surface area (TPSA) is 128 Å². The van der Waals surface area contributed by atoms with Crippen LogP contribution in [0.4, 0.5) is 4.79 Å². The van der Waals surface area contributed by atoms with Crippen molar-refractivity contribution in [3.8, 4) is 0 Å². The van der Waals surface area contributed by atoms with Crippen molar-refractivity contribution in [3.05, 3.63) is 84.4 Å². The molecule has 0 radical (unpaired) electrons. The zero-order chi connectivity index (χ0) is 28.3. The number of amides is 3. The minimum absolute atomic E-state index is 0.0299. The molecule has 0 saturated heterocycles. The van der Waals surface area contributed by atoms with Crippen LogP contribution in [0, 0.1) is 5.92 Å². The van der Waals surface area contributed by atoms with E-state index in [2.05, 4.69) is 17.2 Å². The Morgan fingerprint density at radius 2 is 1.64 bits per heavy atom. The summed E-state index contributed by atoms with van der Waals surface area (Å²) in [5, 5.41) is 24.8. The zero-order valence-electron chi connectivity index (χ0n) is 22.5. The predicted octanol–water partition coefficient (Wildman–Crippen LogP) is 3.16. The molecular formula is C30H41N3O6. The maximum atomic E-state index is 13.0. The number of hydrogen-bond donors (Lipinski definition) is 4. The first kappa shape index (κ1) is 31.5. The van der Waals surface area contributed by atoms with Gasteiger partial charge in [0.1, 0.15) is 6.61 Å². The predicted molar refractivity (Wildman–Crippen MR) is 149 cm³/mol. The first-order valence-electron chi connectivity index (χ1n) is 13.4. The van der Waals surface area contributed by atoms with Crippen LogP contribution in [0.25, 0.3) is 0 Å². The monoisotopic (exact) mass is 539 g/mol. The number of unbranched alkanes of at least 4 members (excludes halogenated alkanes) is 1. The summed E-state index contributed by atoms with van der Waals surface area (Å²) in [6, 6.07) is 18.4. The number of carbonyl (C=O) groups excluding carboxylic acids is 3. The first-order chi connectivity index (χ1) is 19.0. The van der Waals surface area contributed by atoms with Gasteiger partial charge in [-0.25, -0.2) is 4.79 Å². The number of aliphatic hydroxyl groups is 2. The molecule has 0 spiro atoms. The second kappa shape index (κ2) is 18.5. The molecule has 0 saturated carbocycles. The number of nitrogens with zero attached hydrogens (tertiary/aromatic N) is 1. The van der Waals surface area contributed by atoms with Crippen molar-refractivity contribution >= 4 is 17.9 Å². The Hall–Kier alpha value is -3.69. The van der Waals surface area contributed by atoms with Gasteiger partial charge >= 0.3 is 6.09 Å². The third-order valence-corrected chi connectivity index (χ3v) is 6.21. The Bertz CT molecular complexity index is 1000. The number of nitrogens with one attached hydrogen (secondary N) is 2. The van der Waals surface area contributed by atoms with Gasteiger partial charge in [-0.15, -0.1) is 6.58 Å². The van der Waals surface area contributed by atoms with Crippen molar-refractivity contribution in [3.63, 3.8) is 0 Å². The van der Waals surface area contributed by atoms with Crippen LogP contribution in [0.15, 0.2) is 73.3 Å². The van der Waals surface area contributed by atoms with Gasteiger partial charge in [0.2, 0.25) is 11.8 Å². The summed E-state index contributed by atoms with van der Waals surface area (Å²) < 4.78 is 5.18. The third-order valence-electron chi connectivity index (χ3n) is 6.21. The standard InChI is InChI=1S/C30H41N3O6/c1-2-11-26(20-28(36)33(18-19-34)21-24-12-5-3-6-13-24)29(37)32-27(22-35)16-9-10-17-31-30(38)39-23-25-14-7-4-8-15-25/h2-8,12-15,26-27,34-35H,1,9-11,16-23H2,(H,31,38)(H,32,37)/t26-,27-/m0/s1. The van der Waals surface area contributed by atoms with E-state index in [1.165, 1.54) is 0 Å². The number of allylic oxidation sites excluding steroid dienone is 1. The maximum Gasteiger partial charge on any atom is 0.407 e. The summed E-state index contributed by atoms with van der Waals surface area (Å²) in [6.45, 7) is 4.42. The third kappa shape index (κ3) is 12.6. The van der Waals surface area contributed by atoms with Crippen LogP contribution in [0.2, 0.25) is 0 Å². The van der Waals surface area contributed by atoms with Crippen LogP contribution in [-0.4, -0.2) is 65.4 Å². The lowest BCUT2D eigenvalue weighted by Gasteiger charge is -2.25. The molecule has 0 aliphatic carbocycles. The van der Waals surface area contributed by atoms with Crippen molar-refractivity contribution in [2.75, 3.05) is 26.3 Å². The summed E-state index contributed by atoms with van der Waals surface area (Å²) in [5.74, 6) is -1.20. The lowest BCUT2D eigenvalue weighted by Crippen LogP contribution is -2.43. The highest BCUT2D eigenvalue weighted by atomic mass is 16.5. The van der Waals surface area contributed by atoms with Gasteiger partial charge in [0, 0.05) is 26.1 Å². The Balaban J connectivity index is 1.76. The maximum absolute atomic E-state index is 13.0. The van der Waals surface area contributed by atoms with E-state index in [0.29, 0.717) is 38.8 Å². The number of hydrogen-bond acceptors (Lipinski definition) is 6. The fourth-order valence-corrected chi connectivity index (χ4v) is 4.05. The fourth-order valence-electron chi connectivity index (χ4n) is 4.05. The fraction of sp³-hybridized carbons (Fsp3) is 0.433. The van der Waals surface area contributed by atoms with E-state index in [1.807, 2.05) is 60.7 Å². The van der Waals surface area contributed by atoms with E-state index >= 15 is 0 Å². The Morgan fingerprint density at radius 1 is 0.974 bits per heavy atom. The molecule has 2 aromatic carbocycles. The van der Waals surface area contributed by atoms with Crippen molar-refractivity contribution < 1.29 is 29.3 Å². The lowest BCUT2D eigenvalue weighted by molar-refractivity contribution is -0.137. The quantitative estimate of drug-likeness (QED) is 0.170. The Morgan fingerprint density at radius 3 is 2.26 bits per heavy atom. The van der Waals surface area contributed by atoms with Crippen LogP contribution in [-0.2, 0) is 27.5 Å². The second-order valence-electron chi connectivity index (χ2n) is 9.32. The van der Waals surface area contributed by atoms with E-state index in [1.54, 1.807) is 11.0 Å². The highest BCUT2D eigenvalue weighted by Gasteiger charge is 2.25. The molecule has 0 heterocycles. The second-order valence-corrected chi connectivity index (χ2v) is 9.32. The summed E-state index contributed by atoms with van der Waals surface area (Å²) in [7, 11) is 0. The molecule has 39 heavy (non-hydrogen) atoms. The van der Waals surface area contributed by atoms with E-state index in [9.17, 15) is 24.6 Å². The van der Waals surface area contributed by atoms with Crippen molar-refractivity contribution in [1.82, 2.24) is 15.5 Å². The average Bonchev–Trinajstić information content (AvgIpc) is 2.95. The average molecular weight is 540 g/mol. The molecule has 9 nitrogen and oxygen atoms in total. The molecule has 3 amide bonds. The number of carbonyl (C=O) groups is 3. The number of alkyl carbamates (subject to hydrolysis) is 1. The van der Waals surface area contributed by atoms with E-state index < -0.39 is 18.1 Å². The number of ether oxygens (including phenoxy) is 1. The molecule has 0 bridgehead atoms. The van der Waals surface area contributed by atoms with Gasteiger partial charge < -0.3 is 30.5 Å². The SMILES string of the molecule is C=CC[C@@H](CC(=O)N(CCO)Cc1ccccc1)C(=O)N[C@H](CO)CCCCNC(=O)OCc1ccccc1. The highest BCUT2D eigenvalue weighted by Crippen LogP contribution is 2.15. The summed E-state index contributed by atoms with van der Waals surface area (Å²) in [5.41, 5.74) is 1.84. The molecule has 2 aromatic rings. The number of aliphatic hydroxyl groups excluding tert-OH is 2. The van der Waals surface area contributed by atoms with Crippen LogP contribution in [0.5, 0.6) is 0 Å². The largest absolute Gasteiger partial charge is 0.445 e. The molecule has 0 unspecified atom stereocenters. The molecule has 212 valence electrons. The molecule has 2 atom stereocenters. The van der Waals surface area contributed by atoms with Gasteiger partial charge in [-0.05, 0) is 36.8 Å². The van der Waals surface area contributed by atoms with E-state index in [0.717, 1.165) is 11.1 Å². The van der Waals surface area contributed by atoms with Crippen molar-refractivity contribution in [2.45, 2.75) is 51.3 Å². The van der Waals surface area contributed by atoms with Gasteiger partial charge in [0.25, 0.3) is 0 Å². The minimum Gasteiger partial charge on any atom is -0.445 e. The molecular weight excluding hydrogens is 498 g/mol. The van der Waals surface area contributed by atoms with Crippen LogP contribution in [0.1, 0.15) is 43.2 Å².